The summed E-state index contributed by atoms with van der Waals surface area (Å²) >= 11 is 0. The van der Waals surface area contributed by atoms with E-state index in [1.165, 1.54) is 55.2 Å². The average Bonchev–Trinajstić information content (AvgIpc) is 2.66. The minimum Gasteiger partial charge on any atom is -0.0952 e. The molecule has 0 N–H and O–H groups in total. The van der Waals surface area contributed by atoms with Crippen LogP contribution in [0.25, 0.3) is 5.57 Å². The Morgan fingerprint density at radius 3 is 2.07 bits per heavy atom. The van der Waals surface area contributed by atoms with Crippen LogP contribution in [0.2, 0.25) is 0 Å². The third-order valence-corrected chi connectivity index (χ3v) is 7.19. The highest BCUT2D eigenvalue weighted by Crippen LogP contribution is 2.60. The van der Waals surface area contributed by atoms with Crippen LogP contribution in [-0.2, 0) is 0 Å². The smallest absolute Gasteiger partial charge is 0.0108 e. The van der Waals surface area contributed by atoms with E-state index >= 15 is 0 Å². The van der Waals surface area contributed by atoms with Gasteiger partial charge in [-0.05, 0) is 71.5 Å². The van der Waals surface area contributed by atoms with E-state index in [4.69, 9.17) is 0 Å². The summed E-state index contributed by atoms with van der Waals surface area (Å²) in [4.78, 5) is 0. The zero-order valence-electron chi connectivity index (χ0n) is 19.6. The Balaban J connectivity index is 0.00000176. The first-order chi connectivity index (χ1) is 12.8. The van der Waals surface area contributed by atoms with Crippen molar-refractivity contribution in [3.8, 4) is 0 Å². The number of rotatable bonds is 7. The summed E-state index contributed by atoms with van der Waals surface area (Å²) in [6, 6.07) is 9.36. The minimum absolute atomic E-state index is 0.363. The fourth-order valence-corrected chi connectivity index (χ4v) is 5.79. The largest absolute Gasteiger partial charge is 0.0952 e. The van der Waals surface area contributed by atoms with Gasteiger partial charge in [0.1, 0.15) is 0 Å². The van der Waals surface area contributed by atoms with E-state index in [-0.39, 0.29) is 0 Å². The van der Waals surface area contributed by atoms with Crippen molar-refractivity contribution in [2.75, 3.05) is 0 Å². The number of hydrogen-bond acceptors (Lipinski definition) is 0. The van der Waals surface area contributed by atoms with Crippen LogP contribution in [0.1, 0.15) is 117 Å². The van der Waals surface area contributed by atoms with Gasteiger partial charge in [-0.1, -0.05) is 99.1 Å². The highest BCUT2D eigenvalue weighted by Gasteiger charge is 2.50. The Morgan fingerprint density at radius 1 is 1.00 bits per heavy atom. The zero-order valence-corrected chi connectivity index (χ0v) is 19.6. The van der Waals surface area contributed by atoms with Crippen LogP contribution in [0.5, 0.6) is 0 Å². The maximum Gasteiger partial charge on any atom is -0.0108 e. The maximum absolute atomic E-state index is 4.19. The van der Waals surface area contributed by atoms with Gasteiger partial charge in [0.2, 0.25) is 0 Å². The van der Waals surface area contributed by atoms with Crippen molar-refractivity contribution in [1.82, 2.24) is 0 Å². The van der Waals surface area contributed by atoms with Crippen molar-refractivity contribution in [2.24, 2.45) is 16.7 Å². The fourth-order valence-electron chi connectivity index (χ4n) is 5.79. The van der Waals surface area contributed by atoms with Crippen molar-refractivity contribution < 1.29 is 0 Å². The maximum atomic E-state index is 4.19. The third kappa shape index (κ3) is 5.27. The first-order valence-corrected chi connectivity index (χ1v) is 11.6. The van der Waals surface area contributed by atoms with Crippen molar-refractivity contribution in [2.45, 2.75) is 106 Å². The van der Waals surface area contributed by atoms with E-state index in [0.29, 0.717) is 16.7 Å². The third-order valence-electron chi connectivity index (χ3n) is 7.19. The van der Waals surface area contributed by atoms with E-state index in [1.54, 1.807) is 0 Å². The van der Waals surface area contributed by atoms with Crippen molar-refractivity contribution in [1.29, 1.82) is 0 Å². The molecule has 0 bridgehead atoms. The van der Waals surface area contributed by atoms with Crippen molar-refractivity contribution in [3.63, 3.8) is 0 Å². The fraction of sp³-hybridized carbons (Fsp3) is 0.704. The summed E-state index contributed by atoms with van der Waals surface area (Å²) in [7, 11) is 0. The van der Waals surface area contributed by atoms with Gasteiger partial charge in [-0.3, -0.25) is 0 Å². The summed E-state index contributed by atoms with van der Waals surface area (Å²) in [5, 5.41) is 0. The molecule has 0 heteroatoms. The molecule has 1 aliphatic carbocycles. The lowest BCUT2D eigenvalue weighted by Crippen LogP contribution is -2.46. The summed E-state index contributed by atoms with van der Waals surface area (Å²) in [5.74, 6) is 1.49. The molecular formula is C27H46. The summed E-state index contributed by atoms with van der Waals surface area (Å²) in [6.07, 6.45) is 9.09. The normalized spacial score (nSPS) is 26.8. The Morgan fingerprint density at radius 2 is 1.59 bits per heavy atom. The van der Waals surface area contributed by atoms with Crippen LogP contribution in [0.3, 0.4) is 0 Å². The molecule has 2 rings (SSSR count). The molecule has 0 radical (unpaired) electrons. The number of allylic oxidation sites excluding steroid dienone is 1. The van der Waals surface area contributed by atoms with Crippen LogP contribution in [0.15, 0.2) is 30.8 Å². The lowest BCUT2D eigenvalue weighted by molar-refractivity contribution is -0.0287. The first kappa shape index (κ1) is 24.0. The average molecular weight is 371 g/mol. The van der Waals surface area contributed by atoms with Gasteiger partial charge in [0.25, 0.3) is 0 Å². The molecule has 1 aromatic carbocycles. The van der Waals surface area contributed by atoms with E-state index < -0.39 is 0 Å². The highest BCUT2D eigenvalue weighted by atomic mass is 14.5. The molecule has 1 aromatic rings. The van der Waals surface area contributed by atoms with Gasteiger partial charge in [-0.15, -0.1) is 0 Å². The molecule has 0 heterocycles. The second-order valence-corrected chi connectivity index (χ2v) is 9.24. The molecule has 27 heavy (non-hydrogen) atoms. The topological polar surface area (TPSA) is 0 Å². The molecule has 0 aromatic heterocycles. The minimum atomic E-state index is 0.363. The summed E-state index contributed by atoms with van der Waals surface area (Å²) in [6.45, 7) is 22.8. The van der Waals surface area contributed by atoms with Crippen LogP contribution < -0.4 is 0 Å². The van der Waals surface area contributed by atoms with Gasteiger partial charge in [0.15, 0.2) is 0 Å². The molecule has 0 amide bonds. The molecule has 1 aliphatic rings. The van der Waals surface area contributed by atoms with Gasteiger partial charge in [-0.25, -0.2) is 0 Å². The van der Waals surface area contributed by atoms with E-state index in [9.17, 15) is 0 Å². The van der Waals surface area contributed by atoms with Gasteiger partial charge in [-0.2, -0.15) is 0 Å². The van der Waals surface area contributed by atoms with Crippen molar-refractivity contribution >= 4 is 5.57 Å². The molecule has 0 aliphatic heterocycles. The lowest BCUT2D eigenvalue weighted by atomic mass is 9.49. The van der Waals surface area contributed by atoms with Crippen LogP contribution in [-0.4, -0.2) is 0 Å². The van der Waals surface area contributed by atoms with Gasteiger partial charge in [0, 0.05) is 0 Å². The van der Waals surface area contributed by atoms with Crippen LogP contribution in [0, 0.1) is 16.7 Å². The molecule has 3 atom stereocenters. The van der Waals surface area contributed by atoms with Crippen LogP contribution >= 0.6 is 0 Å². The summed E-state index contributed by atoms with van der Waals surface area (Å²) < 4.78 is 0. The molecule has 1 fully saturated rings. The van der Waals surface area contributed by atoms with E-state index in [2.05, 4.69) is 72.4 Å². The molecule has 0 nitrogen and oxygen atoms in total. The monoisotopic (exact) mass is 370 g/mol. The van der Waals surface area contributed by atoms with E-state index in [0.717, 1.165) is 12.3 Å². The number of benzene rings is 1. The van der Waals surface area contributed by atoms with Gasteiger partial charge in [0.05, 0.1) is 0 Å². The second-order valence-electron chi connectivity index (χ2n) is 9.24. The quantitative estimate of drug-likeness (QED) is 0.448. The Labute approximate surface area is 170 Å². The van der Waals surface area contributed by atoms with Crippen molar-refractivity contribution in [3.05, 3.63) is 42.0 Å². The zero-order chi connectivity index (χ0) is 20.7. The molecule has 0 spiro atoms. The lowest BCUT2D eigenvalue weighted by Gasteiger charge is -2.55. The molecule has 3 unspecified atom stereocenters. The SMILES string of the molecule is C=C(CC)c1ccc(C2CCC(C)(CCC)C(CCC)C2(C)C)cc1.CC. The Kier molecular flexibility index (Phi) is 9.32. The number of hydrogen-bond donors (Lipinski definition) is 0. The Hall–Kier alpha value is -1.04. The Bertz CT molecular complexity index is 562. The van der Waals surface area contributed by atoms with Gasteiger partial charge < -0.3 is 0 Å². The highest BCUT2D eigenvalue weighted by molar-refractivity contribution is 5.63. The first-order valence-electron chi connectivity index (χ1n) is 11.6. The van der Waals surface area contributed by atoms with E-state index in [1.807, 2.05) is 13.8 Å². The molecule has 0 saturated heterocycles. The standard InChI is InChI=1S/C25H40.C2H6/c1-8-11-23-24(5,6)22(16-18-25(23,7)17-9-2)21-14-12-20(13-15-21)19(4)10-3;1-2/h12-15,22-23H,4,8-11,16-18H2,1-3,5-7H3;1-2H3. The second kappa shape index (κ2) is 10.5. The molecule has 1 saturated carbocycles. The molecule has 154 valence electrons. The molecular weight excluding hydrogens is 324 g/mol. The predicted molar refractivity (Wildman–Crippen MR) is 124 cm³/mol. The van der Waals surface area contributed by atoms with Gasteiger partial charge >= 0.3 is 0 Å². The van der Waals surface area contributed by atoms with Crippen LogP contribution in [0.4, 0.5) is 0 Å². The summed E-state index contributed by atoms with van der Waals surface area (Å²) in [5.41, 5.74) is 4.97. The predicted octanol–water partition coefficient (Wildman–Crippen LogP) is 9.26.